The minimum absolute atomic E-state index is 0.0355. The Labute approximate surface area is 144 Å². The van der Waals surface area contributed by atoms with Gasteiger partial charge in [0.25, 0.3) is 5.91 Å². The molecule has 1 amide bonds. The third kappa shape index (κ3) is 3.15. The number of halogens is 1. The van der Waals surface area contributed by atoms with Gasteiger partial charge in [-0.2, -0.15) is 0 Å². The first-order chi connectivity index (χ1) is 11.0. The predicted octanol–water partition coefficient (Wildman–Crippen LogP) is 4.69. The number of nitrogen functional groups attached to an aromatic ring is 1. The van der Waals surface area contributed by atoms with Gasteiger partial charge in [-0.25, -0.2) is 0 Å². The average molecular weight is 377 g/mol. The van der Waals surface area contributed by atoms with E-state index in [0.29, 0.717) is 17.2 Å². The lowest BCUT2D eigenvalue weighted by Gasteiger charge is -2.38. The van der Waals surface area contributed by atoms with Gasteiger partial charge in [0, 0.05) is 27.8 Å². The standard InChI is InChI=1S/C18H21BrN2O2/c1-11-4-3-5-12(2)21(11)18(22)17-9-8-16(23-17)14-7-6-13(19)10-15(14)20/h6-12H,3-5,20H2,1-2H3. The van der Waals surface area contributed by atoms with E-state index in [0.717, 1.165) is 22.9 Å². The second-order valence-electron chi connectivity index (χ2n) is 6.24. The number of nitrogens with two attached hydrogens (primary N) is 1. The molecule has 0 radical (unpaired) electrons. The molecule has 2 atom stereocenters. The number of amides is 1. The maximum absolute atomic E-state index is 12.8. The molecule has 1 aliphatic rings. The van der Waals surface area contributed by atoms with E-state index >= 15 is 0 Å². The molecule has 122 valence electrons. The monoisotopic (exact) mass is 376 g/mol. The fourth-order valence-corrected chi connectivity index (χ4v) is 3.68. The van der Waals surface area contributed by atoms with Crippen molar-refractivity contribution < 1.29 is 9.21 Å². The van der Waals surface area contributed by atoms with Crippen LogP contribution in [0.5, 0.6) is 0 Å². The Balaban J connectivity index is 1.88. The molecule has 4 nitrogen and oxygen atoms in total. The molecule has 0 aliphatic carbocycles. The maximum atomic E-state index is 12.8. The Kier molecular flexibility index (Phi) is 4.48. The van der Waals surface area contributed by atoms with Crippen LogP contribution in [0.4, 0.5) is 5.69 Å². The van der Waals surface area contributed by atoms with E-state index in [2.05, 4.69) is 29.8 Å². The Morgan fingerprint density at radius 3 is 2.57 bits per heavy atom. The van der Waals surface area contributed by atoms with E-state index in [1.54, 1.807) is 6.07 Å². The van der Waals surface area contributed by atoms with Gasteiger partial charge in [0.15, 0.2) is 5.76 Å². The van der Waals surface area contributed by atoms with Crippen LogP contribution in [0.3, 0.4) is 0 Å². The number of carbonyl (C=O) groups excluding carboxylic acids is 1. The van der Waals surface area contributed by atoms with Crippen LogP contribution in [0, 0.1) is 0 Å². The van der Waals surface area contributed by atoms with Gasteiger partial charge in [0.1, 0.15) is 5.76 Å². The summed E-state index contributed by atoms with van der Waals surface area (Å²) in [5, 5.41) is 0. The van der Waals surface area contributed by atoms with Crippen molar-refractivity contribution in [3.05, 3.63) is 40.6 Å². The van der Waals surface area contributed by atoms with Crippen LogP contribution in [-0.4, -0.2) is 22.9 Å². The van der Waals surface area contributed by atoms with Gasteiger partial charge in [-0.3, -0.25) is 4.79 Å². The number of likely N-dealkylation sites (tertiary alicyclic amines) is 1. The molecule has 1 aliphatic heterocycles. The van der Waals surface area contributed by atoms with Crippen molar-refractivity contribution in [2.45, 2.75) is 45.2 Å². The molecular formula is C18H21BrN2O2. The molecule has 2 unspecified atom stereocenters. The van der Waals surface area contributed by atoms with Crippen molar-refractivity contribution in [3.63, 3.8) is 0 Å². The molecule has 0 bridgehead atoms. The van der Waals surface area contributed by atoms with E-state index in [-0.39, 0.29) is 18.0 Å². The van der Waals surface area contributed by atoms with E-state index in [4.69, 9.17) is 10.2 Å². The summed E-state index contributed by atoms with van der Waals surface area (Å²) in [7, 11) is 0. The van der Waals surface area contributed by atoms with Gasteiger partial charge in [0.05, 0.1) is 0 Å². The molecule has 2 N–H and O–H groups in total. The topological polar surface area (TPSA) is 59.5 Å². The van der Waals surface area contributed by atoms with Crippen molar-refractivity contribution in [3.8, 4) is 11.3 Å². The number of benzene rings is 1. The van der Waals surface area contributed by atoms with Crippen LogP contribution in [0.25, 0.3) is 11.3 Å². The quantitative estimate of drug-likeness (QED) is 0.772. The molecule has 1 fully saturated rings. The van der Waals surface area contributed by atoms with Gasteiger partial charge in [-0.05, 0) is 63.4 Å². The van der Waals surface area contributed by atoms with Crippen molar-refractivity contribution >= 4 is 27.5 Å². The first kappa shape index (κ1) is 16.1. The summed E-state index contributed by atoms with van der Waals surface area (Å²) in [5.74, 6) is 0.963. The lowest BCUT2D eigenvalue weighted by molar-refractivity contribution is 0.0479. The zero-order valence-electron chi connectivity index (χ0n) is 13.4. The zero-order valence-corrected chi connectivity index (χ0v) is 15.0. The van der Waals surface area contributed by atoms with Crippen LogP contribution < -0.4 is 5.73 Å². The molecule has 2 aromatic rings. The average Bonchev–Trinajstić information content (AvgIpc) is 2.96. The van der Waals surface area contributed by atoms with Gasteiger partial charge < -0.3 is 15.1 Å². The van der Waals surface area contributed by atoms with E-state index < -0.39 is 0 Å². The minimum Gasteiger partial charge on any atom is -0.451 e. The highest BCUT2D eigenvalue weighted by Gasteiger charge is 2.31. The maximum Gasteiger partial charge on any atom is 0.290 e. The molecule has 1 aromatic carbocycles. The molecule has 2 heterocycles. The first-order valence-corrected chi connectivity index (χ1v) is 8.74. The summed E-state index contributed by atoms with van der Waals surface area (Å²) in [5.41, 5.74) is 7.46. The second-order valence-corrected chi connectivity index (χ2v) is 7.15. The number of nitrogens with zero attached hydrogens (tertiary/aromatic N) is 1. The number of anilines is 1. The van der Waals surface area contributed by atoms with Crippen LogP contribution >= 0.6 is 15.9 Å². The lowest BCUT2D eigenvalue weighted by atomic mass is 9.97. The minimum atomic E-state index is -0.0355. The Bertz CT molecular complexity index is 716. The number of furan rings is 1. The van der Waals surface area contributed by atoms with Crippen molar-refractivity contribution in [2.24, 2.45) is 0 Å². The number of carbonyl (C=O) groups is 1. The number of hydrogen-bond acceptors (Lipinski definition) is 3. The van der Waals surface area contributed by atoms with Gasteiger partial charge in [-0.15, -0.1) is 0 Å². The van der Waals surface area contributed by atoms with Crippen LogP contribution in [-0.2, 0) is 0 Å². The van der Waals surface area contributed by atoms with E-state index in [9.17, 15) is 4.79 Å². The molecule has 0 spiro atoms. The van der Waals surface area contributed by atoms with Gasteiger partial charge >= 0.3 is 0 Å². The molecule has 23 heavy (non-hydrogen) atoms. The van der Waals surface area contributed by atoms with Gasteiger partial charge in [0.2, 0.25) is 0 Å². The highest BCUT2D eigenvalue weighted by molar-refractivity contribution is 9.10. The summed E-state index contributed by atoms with van der Waals surface area (Å²) >= 11 is 3.39. The fourth-order valence-electron chi connectivity index (χ4n) is 3.30. The zero-order chi connectivity index (χ0) is 16.6. The number of rotatable bonds is 2. The fraction of sp³-hybridized carbons (Fsp3) is 0.389. The molecular weight excluding hydrogens is 356 g/mol. The summed E-state index contributed by atoms with van der Waals surface area (Å²) in [6.45, 7) is 4.20. The van der Waals surface area contributed by atoms with Gasteiger partial charge in [-0.1, -0.05) is 15.9 Å². The predicted molar refractivity (Wildman–Crippen MR) is 95.2 cm³/mol. The highest BCUT2D eigenvalue weighted by atomic mass is 79.9. The third-order valence-electron chi connectivity index (χ3n) is 4.52. The van der Waals surface area contributed by atoms with Crippen LogP contribution in [0.2, 0.25) is 0 Å². The van der Waals surface area contributed by atoms with E-state index in [1.165, 1.54) is 6.42 Å². The smallest absolute Gasteiger partial charge is 0.290 e. The summed E-state index contributed by atoms with van der Waals surface area (Å²) in [6.07, 6.45) is 3.26. The Morgan fingerprint density at radius 1 is 1.22 bits per heavy atom. The van der Waals surface area contributed by atoms with Crippen LogP contribution in [0.1, 0.15) is 43.7 Å². The summed E-state index contributed by atoms with van der Waals surface area (Å²) in [4.78, 5) is 14.7. The number of piperidine rings is 1. The SMILES string of the molecule is CC1CCCC(C)N1C(=O)c1ccc(-c2ccc(Br)cc2N)o1. The third-order valence-corrected chi connectivity index (χ3v) is 5.02. The molecule has 1 saturated heterocycles. The second kappa shape index (κ2) is 6.40. The molecule has 1 aromatic heterocycles. The van der Waals surface area contributed by atoms with Crippen molar-refractivity contribution in [1.29, 1.82) is 0 Å². The van der Waals surface area contributed by atoms with Crippen LogP contribution in [0.15, 0.2) is 39.2 Å². The Morgan fingerprint density at radius 2 is 1.91 bits per heavy atom. The largest absolute Gasteiger partial charge is 0.451 e. The number of hydrogen-bond donors (Lipinski definition) is 1. The van der Waals surface area contributed by atoms with E-state index in [1.807, 2.05) is 29.2 Å². The molecule has 0 saturated carbocycles. The highest BCUT2D eigenvalue weighted by Crippen LogP contribution is 2.31. The molecule has 3 rings (SSSR count). The normalized spacial score (nSPS) is 21.4. The lowest BCUT2D eigenvalue weighted by Crippen LogP contribution is -2.47. The summed E-state index contributed by atoms with van der Waals surface area (Å²) in [6, 6.07) is 9.67. The first-order valence-electron chi connectivity index (χ1n) is 7.95. The Hall–Kier alpha value is -1.75. The van der Waals surface area contributed by atoms with Crippen molar-refractivity contribution in [1.82, 2.24) is 4.90 Å². The molecule has 5 heteroatoms. The van der Waals surface area contributed by atoms with Crippen molar-refractivity contribution in [2.75, 3.05) is 5.73 Å². The summed E-state index contributed by atoms with van der Waals surface area (Å²) < 4.78 is 6.73.